The molecule has 0 fully saturated rings. The highest BCUT2D eigenvalue weighted by molar-refractivity contribution is 6.30. The van der Waals surface area contributed by atoms with E-state index in [4.69, 9.17) is 17.3 Å². The molecule has 0 aliphatic heterocycles. The zero-order chi connectivity index (χ0) is 16.2. The van der Waals surface area contributed by atoms with Gasteiger partial charge in [0.1, 0.15) is 0 Å². The van der Waals surface area contributed by atoms with Crippen LogP contribution in [0.1, 0.15) is 33.0 Å². The molecule has 0 saturated carbocycles. The molecule has 2 N–H and O–H groups in total. The molecule has 0 aliphatic rings. The van der Waals surface area contributed by atoms with E-state index < -0.39 is 5.91 Å². The Morgan fingerprint density at radius 2 is 1.35 bits per heavy atom. The van der Waals surface area contributed by atoms with Gasteiger partial charge < -0.3 is 5.73 Å². The van der Waals surface area contributed by atoms with Gasteiger partial charge in [0.2, 0.25) is 5.91 Å². The maximum Gasteiger partial charge on any atom is 0.249 e. The van der Waals surface area contributed by atoms with Crippen molar-refractivity contribution in [3.05, 3.63) is 106 Å². The average molecular weight is 322 g/mol. The van der Waals surface area contributed by atoms with Gasteiger partial charge in [0, 0.05) is 16.5 Å². The zero-order valence-electron chi connectivity index (χ0n) is 12.4. The monoisotopic (exact) mass is 321 g/mol. The van der Waals surface area contributed by atoms with Crippen LogP contribution in [-0.4, -0.2) is 5.91 Å². The average Bonchev–Trinajstić information content (AvgIpc) is 2.57. The Hall–Kier alpha value is -2.58. The normalized spacial score (nSPS) is 10.7. The Kier molecular flexibility index (Phi) is 4.45. The van der Waals surface area contributed by atoms with E-state index in [1.54, 1.807) is 12.1 Å². The van der Waals surface area contributed by atoms with Crippen molar-refractivity contribution in [1.82, 2.24) is 0 Å². The molecule has 0 saturated heterocycles. The summed E-state index contributed by atoms with van der Waals surface area (Å²) in [5, 5.41) is 0.585. The van der Waals surface area contributed by atoms with Gasteiger partial charge in [0.25, 0.3) is 0 Å². The minimum atomic E-state index is -0.450. The van der Waals surface area contributed by atoms with Crippen LogP contribution >= 0.6 is 11.6 Å². The molecular formula is C20H16ClNO. The summed E-state index contributed by atoms with van der Waals surface area (Å²) in [6, 6.07) is 25.3. The number of rotatable bonds is 4. The summed E-state index contributed by atoms with van der Waals surface area (Å²) in [5.41, 5.74) is 9.06. The summed E-state index contributed by atoms with van der Waals surface area (Å²) in [7, 11) is 0. The van der Waals surface area contributed by atoms with Gasteiger partial charge in [-0.25, -0.2) is 0 Å². The van der Waals surface area contributed by atoms with E-state index in [0.717, 1.165) is 16.7 Å². The largest absolute Gasteiger partial charge is 0.366 e. The smallest absolute Gasteiger partial charge is 0.249 e. The van der Waals surface area contributed by atoms with Gasteiger partial charge in [0.05, 0.1) is 0 Å². The van der Waals surface area contributed by atoms with E-state index in [0.29, 0.717) is 10.6 Å². The fourth-order valence-electron chi connectivity index (χ4n) is 2.84. The third-order valence-electron chi connectivity index (χ3n) is 3.86. The molecule has 0 heterocycles. The number of nitrogens with two attached hydrogens (primary N) is 1. The summed E-state index contributed by atoms with van der Waals surface area (Å²) in [5.74, 6) is -0.549. The van der Waals surface area contributed by atoms with E-state index in [9.17, 15) is 4.79 Å². The number of carbonyl (C=O) groups is 1. The van der Waals surface area contributed by atoms with Crippen molar-refractivity contribution in [2.24, 2.45) is 5.73 Å². The summed E-state index contributed by atoms with van der Waals surface area (Å²) < 4.78 is 0. The number of benzene rings is 3. The van der Waals surface area contributed by atoms with Crippen LogP contribution in [0, 0.1) is 0 Å². The quantitative estimate of drug-likeness (QED) is 0.700. The molecule has 1 amide bonds. The fraction of sp³-hybridized carbons (Fsp3) is 0.0500. The summed E-state index contributed by atoms with van der Waals surface area (Å²) in [4.78, 5) is 11.9. The number of hydrogen-bond acceptors (Lipinski definition) is 1. The molecule has 3 aromatic carbocycles. The number of hydrogen-bond donors (Lipinski definition) is 1. The van der Waals surface area contributed by atoms with Crippen molar-refractivity contribution in [2.45, 2.75) is 5.92 Å². The second-order valence-corrected chi connectivity index (χ2v) is 5.79. The first-order valence-corrected chi connectivity index (χ1v) is 7.74. The van der Waals surface area contributed by atoms with Gasteiger partial charge in [-0.2, -0.15) is 0 Å². The van der Waals surface area contributed by atoms with Crippen LogP contribution in [0.2, 0.25) is 5.02 Å². The SMILES string of the molecule is NC(=O)c1ccc(Cl)cc1C(c1ccccc1)c1ccccc1. The highest BCUT2D eigenvalue weighted by Gasteiger charge is 2.21. The zero-order valence-corrected chi connectivity index (χ0v) is 13.2. The third kappa shape index (κ3) is 3.27. The van der Waals surface area contributed by atoms with Crippen molar-refractivity contribution in [3.8, 4) is 0 Å². The lowest BCUT2D eigenvalue weighted by Gasteiger charge is -2.21. The molecule has 0 atom stereocenters. The Balaban J connectivity index is 2.25. The molecular weight excluding hydrogens is 306 g/mol. The molecule has 2 nitrogen and oxygen atoms in total. The van der Waals surface area contributed by atoms with Crippen molar-refractivity contribution in [2.75, 3.05) is 0 Å². The maximum atomic E-state index is 11.9. The van der Waals surface area contributed by atoms with Crippen molar-refractivity contribution < 1.29 is 4.79 Å². The van der Waals surface area contributed by atoms with Crippen molar-refractivity contribution in [1.29, 1.82) is 0 Å². The number of primary amides is 1. The summed E-state index contributed by atoms with van der Waals surface area (Å²) >= 11 is 6.19. The van der Waals surface area contributed by atoms with Crippen LogP contribution in [0.5, 0.6) is 0 Å². The Bertz CT molecular complexity index is 776. The highest BCUT2D eigenvalue weighted by Crippen LogP contribution is 2.35. The Morgan fingerprint density at radius 3 is 1.83 bits per heavy atom. The van der Waals surface area contributed by atoms with E-state index in [-0.39, 0.29) is 5.92 Å². The van der Waals surface area contributed by atoms with Gasteiger partial charge in [-0.15, -0.1) is 0 Å². The fourth-order valence-corrected chi connectivity index (χ4v) is 3.02. The second kappa shape index (κ2) is 6.67. The third-order valence-corrected chi connectivity index (χ3v) is 4.09. The summed E-state index contributed by atoms with van der Waals surface area (Å²) in [6.45, 7) is 0. The van der Waals surface area contributed by atoms with E-state index >= 15 is 0 Å². The molecule has 0 radical (unpaired) electrons. The number of carbonyl (C=O) groups excluding carboxylic acids is 1. The molecule has 0 spiro atoms. The van der Waals surface area contributed by atoms with Gasteiger partial charge in [-0.05, 0) is 34.9 Å². The molecule has 3 heteroatoms. The molecule has 0 unspecified atom stereocenters. The predicted molar refractivity (Wildman–Crippen MR) is 93.8 cm³/mol. The van der Waals surface area contributed by atoms with E-state index in [1.165, 1.54) is 0 Å². The number of halogens is 1. The lowest BCUT2D eigenvalue weighted by molar-refractivity contribution is 0.0999. The lowest BCUT2D eigenvalue weighted by atomic mass is 9.83. The first-order chi connectivity index (χ1) is 11.2. The maximum absolute atomic E-state index is 11.9. The van der Waals surface area contributed by atoms with Crippen molar-refractivity contribution >= 4 is 17.5 Å². The predicted octanol–water partition coefficient (Wildman–Crippen LogP) is 4.62. The van der Waals surface area contributed by atoms with Crippen molar-refractivity contribution in [3.63, 3.8) is 0 Å². The second-order valence-electron chi connectivity index (χ2n) is 5.35. The van der Waals surface area contributed by atoms with Crippen LogP contribution in [0.4, 0.5) is 0 Å². The van der Waals surface area contributed by atoms with E-state index in [2.05, 4.69) is 0 Å². The standard InChI is InChI=1S/C20H16ClNO/c21-16-11-12-17(20(22)23)18(13-16)19(14-7-3-1-4-8-14)15-9-5-2-6-10-15/h1-13,19H,(H2,22,23). The topological polar surface area (TPSA) is 43.1 Å². The molecule has 3 aromatic rings. The minimum absolute atomic E-state index is 0.0985. The Labute approximate surface area is 140 Å². The molecule has 0 bridgehead atoms. The lowest BCUT2D eigenvalue weighted by Crippen LogP contribution is -2.16. The van der Waals surface area contributed by atoms with Gasteiger partial charge in [0.15, 0.2) is 0 Å². The highest BCUT2D eigenvalue weighted by atomic mass is 35.5. The molecule has 0 aromatic heterocycles. The molecule has 114 valence electrons. The van der Waals surface area contributed by atoms with Crippen LogP contribution in [-0.2, 0) is 0 Å². The molecule has 3 rings (SSSR count). The minimum Gasteiger partial charge on any atom is -0.366 e. The number of amides is 1. The van der Waals surface area contributed by atoms with Gasteiger partial charge in [-0.3, -0.25) is 4.79 Å². The van der Waals surface area contributed by atoms with Crippen LogP contribution in [0.25, 0.3) is 0 Å². The molecule has 23 heavy (non-hydrogen) atoms. The summed E-state index contributed by atoms with van der Waals surface area (Å²) in [6.07, 6.45) is 0. The first kappa shape index (κ1) is 15.3. The van der Waals surface area contributed by atoms with E-state index in [1.807, 2.05) is 66.7 Å². The molecule has 0 aliphatic carbocycles. The van der Waals surface area contributed by atoms with Gasteiger partial charge in [-0.1, -0.05) is 72.3 Å². The van der Waals surface area contributed by atoms with Crippen LogP contribution < -0.4 is 5.73 Å². The first-order valence-electron chi connectivity index (χ1n) is 7.36. The van der Waals surface area contributed by atoms with Crippen LogP contribution in [0.3, 0.4) is 0 Å². The van der Waals surface area contributed by atoms with Gasteiger partial charge >= 0.3 is 0 Å². The van der Waals surface area contributed by atoms with Crippen LogP contribution in [0.15, 0.2) is 78.9 Å². The Morgan fingerprint density at radius 1 is 0.826 bits per heavy atom.